The van der Waals surface area contributed by atoms with E-state index in [2.05, 4.69) is 28.2 Å². The Balaban J connectivity index is 2.14. The van der Waals surface area contributed by atoms with E-state index in [9.17, 15) is 0 Å². The van der Waals surface area contributed by atoms with Crippen LogP contribution in [0.4, 0.5) is 0 Å². The zero-order valence-electron chi connectivity index (χ0n) is 10.7. The molecule has 6 heteroatoms. The highest BCUT2D eigenvalue weighted by molar-refractivity contribution is 8.01. The third-order valence-electron chi connectivity index (χ3n) is 2.34. The zero-order valence-corrected chi connectivity index (χ0v) is 12.3. The maximum absolute atomic E-state index is 5.79. The zero-order chi connectivity index (χ0) is 13.1. The Labute approximate surface area is 115 Å². The van der Waals surface area contributed by atoms with Gasteiger partial charge in [-0.05, 0) is 50.1 Å². The first kappa shape index (κ1) is 13.5. The van der Waals surface area contributed by atoms with Crippen molar-refractivity contribution >= 4 is 23.1 Å². The maximum atomic E-state index is 5.79. The average Bonchev–Trinajstić information content (AvgIpc) is 2.67. The van der Waals surface area contributed by atoms with Gasteiger partial charge in [0.05, 0.1) is 0 Å². The topological polar surface area (TPSA) is 64.7 Å². The molecule has 0 saturated carbocycles. The number of hydrogen-bond donors (Lipinski definition) is 1. The Morgan fingerprint density at radius 2 is 2.17 bits per heavy atom. The summed E-state index contributed by atoms with van der Waals surface area (Å²) in [5.41, 5.74) is 8.13. The quantitative estimate of drug-likeness (QED) is 0.932. The largest absolute Gasteiger partial charge is 0.328 e. The van der Waals surface area contributed by atoms with E-state index in [1.165, 1.54) is 5.56 Å². The highest BCUT2D eigenvalue weighted by Crippen LogP contribution is 2.30. The average molecular weight is 280 g/mol. The predicted molar refractivity (Wildman–Crippen MR) is 75.1 cm³/mol. The van der Waals surface area contributed by atoms with Gasteiger partial charge in [0.15, 0.2) is 4.34 Å². The molecule has 2 N–H and O–H groups in total. The van der Waals surface area contributed by atoms with Gasteiger partial charge in [-0.3, -0.25) is 0 Å². The first-order valence-corrected chi connectivity index (χ1v) is 7.37. The van der Waals surface area contributed by atoms with Crippen LogP contribution >= 0.6 is 23.1 Å². The standard InChI is InChI=1S/C12H16N4S2/c1-7-4-10(5-8(2)13)6-14-11(7)18-12-16-15-9(3)17-12/h4,6,8H,5,13H2,1-3H3. The van der Waals surface area contributed by atoms with Crippen molar-refractivity contribution in [3.63, 3.8) is 0 Å². The minimum atomic E-state index is 0.163. The number of hydrogen-bond acceptors (Lipinski definition) is 6. The summed E-state index contributed by atoms with van der Waals surface area (Å²) in [7, 11) is 0. The van der Waals surface area contributed by atoms with Crippen LogP contribution in [0, 0.1) is 13.8 Å². The van der Waals surface area contributed by atoms with Crippen LogP contribution in [0.1, 0.15) is 23.1 Å². The Morgan fingerprint density at radius 3 is 2.72 bits per heavy atom. The monoisotopic (exact) mass is 280 g/mol. The SMILES string of the molecule is Cc1nnc(Sc2ncc(CC(C)N)cc2C)s1. The normalized spacial score (nSPS) is 12.7. The van der Waals surface area contributed by atoms with Crippen molar-refractivity contribution in [3.05, 3.63) is 28.4 Å². The van der Waals surface area contributed by atoms with Crippen molar-refractivity contribution in [1.82, 2.24) is 15.2 Å². The van der Waals surface area contributed by atoms with E-state index in [0.717, 1.165) is 26.4 Å². The van der Waals surface area contributed by atoms with Crippen LogP contribution in [-0.2, 0) is 6.42 Å². The summed E-state index contributed by atoms with van der Waals surface area (Å²) in [5, 5.41) is 10.1. The second kappa shape index (κ2) is 5.77. The van der Waals surface area contributed by atoms with E-state index < -0.39 is 0 Å². The summed E-state index contributed by atoms with van der Waals surface area (Å²) >= 11 is 3.15. The molecule has 0 spiro atoms. The summed E-state index contributed by atoms with van der Waals surface area (Å²) < 4.78 is 0.933. The number of aryl methyl sites for hydroxylation is 2. The summed E-state index contributed by atoms with van der Waals surface area (Å²) in [4.78, 5) is 4.48. The lowest BCUT2D eigenvalue weighted by Crippen LogP contribution is -2.17. The van der Waals surface area contributed by atoms with E-state index in [1.54, 1.807) is 23.1 Å². The molecule has 1 atom stereocenters. The van der Waals surface area contributed by atoms with Crippen LogP contribution < -0.4 is 5.73 Å². The van der Waals surface area contributed by atoms with Crippen molar-refractivity contribution in [2.24, 2.45) is 5.73 Å². The van der Waals surface area contributed by atoms with Gasteiger partial charge in [0, 0.05) is 12.2 Å². The van der Waals surface area contributed by atoms with Gasteiger partial charge in [0.1, 0.15) is 10.0 Å². The number of rotatable bonds is 4. The van der Waals surface area contributed by atoms with Gasteiger partial charge < -0.3 is 5.73 Å². The third kappa shape index (κ3) is 3.51. The molecule has 0 bridgehead atoms. The summed E-state index contributed by atoms with van der Waals surface area (Å²) in [6.45, 7) is 6.02. The lowest BCUT2D eigenvalue weighted by atomic mass is 10.1. The molecule has 2 aromatic rings. The van der Waals surface area contributed by atoms with Gasteiger partial charge in [-0.1, -0.05) is 17.4 Å². The summed E-state index contributed by atoms with van der Waals surface area (Å²) in [5.74, 6) is 0. The molecule has 2 aromatic heterocycles. The number of nitrogens with zero attached hydrogens (tertiary/aromatic N) is 3. The predicted octanol–water partition coefficient (Wildman–Crippen LogP) is 2.59. The van der Waals surface area contributed by atoms with Gasteiger partial charge in [-0.15, -0.1) is 10.2 Å². The Morgan fingerprint density at radius 1 is 1.39 bits per heavy atom. The fourth-order valence-electron chi connectivity index (χ4n) is 1.61. The highest BCUT2D eigenvalue weighted by Gasteiger charge is 2.08. The van der Waals surface area contributed by atoms with Crippen LogP contribution in [0.3, 0.4) is 0 Å². The fraction of sp³-hybridized carbons (Fsp3) is 0.417. The highest BCUT2D eigenvalue weighted by atomic mass is 32.2. The van der Waals surface area contributed by atoms with E-state index in [4.69, 9.17) is 5.73 Å². The van der Waals surface area contributed by atoms with Crippen LogP contribution in [0.25, 0.3) is 0 Å². The van der Waals surface area contributed by atoms with E-state index >= 15 is 0 Å². The smallest absolute Gasteiger partial charge is 0.180 e. The Bertz CT molecular complexity index is 537. The molecule has 0 aliphatic heterocycles. The van der Waals surface area contributed by atoms with Crippen molar-refractivity contribution in [2.75, 3.05) is 0 Å². The molecule has 0 aliphatic carbocycles. The molecule has 0 aliphatic rings. The fourth-order valence-corrected chi connectivity index (χ4v) is 3.37. The Hall–Kier alpha value is -0.980. The maximum Gasteiger partial charge on any atom is 0.180 e. The van der Waals surface area contributed by atoms with E-state index in [-0.39, 0.29) is 6.04 Å². The molecule has 2 rings (SSSR count). The minimum absolute atomic E-state index is 0.163. The molecule has 0 amide bonds. The van der Waals surface area contributed by atoms with E-state index in [1.807, 2.05) is 20.0 Å². The van der Waals surface area contributed by atoms with Gasteiger partial charge in [-0.2, -0.15) is 0 Å². The third-order valence-corrected chi connectivity index (χ3v) is 4.35. The molecular formula is C12H16N4S2. The molecule has 1 unspecified atom stereocenters. The first-order chi connectivity index (χ1) is 8.54. The molecule has 2 heterocycles. The number of pyridine rings is 1. The molecule has 0 saturated heterocycles. The Kier molecular flexibility index (Phi) is 4.31. The van der Waals surface area contributed by atoms with E-state index in [0.29, 0.717) is 0 Å². The first-order valence-electron chi connectivity index (χ1n) is 5.73. The molecule has 4 nitrogen and oxygen atoms in total. The van der Waals surface area contributed by atoms with Gasteiger partial charge >= 0.3 is 0 Å². The van der Waals surface area contributed by atoms with Crippen LogP contribution in [0.5, 0.6) is 0 Å². The lowest BCUT2D eigenvalue weighted by molar-refractivity contribution is 0.733. The molecule has 0 fully saturated rings. The van der Waals surface area contributed by atoms with Crippen molar-refractivity contribution in [3.8, 4) is 0 Å². The molecule has 96 valence electrons. The van der Waals surface area contributed by atoms with Gasteiger partial charge in [0.2, 0.25) is 0 Å². The van der Waals surface area contributed by atoms with Crippen LogP contribution in [0.15, 0.2) is 21.6 Å². The molecule has 0 aromatic carbocycles. The second-order valence-electron chi connectivity index (χ2n) is 4.34. The molecule has 18 heavy (non-hydrogen) atoms. The van der Waals surface area contributed by atoms with Gasteiger partial charge in [0.25, 0.3) is 0 Å². The lowest BCUT2D eigenvalue weighted by Gasteiger charge is -2.07. The van der Waals surface area contributed by atoms with Crippen LogP contribution in [0.2, 0.25) is 0 Å². The second-order valence-corrected chi connectivity index (χ2v) is 6.75. The summed E-state index contributed by atoms with van der Waals surface area (Å²) in [6.07, 6.45) is 2.75. The van der Waals surface area contributed by atoms with Gasteiger partial charge in [-0.25, -0.2) is 4.98 Å². The van der Waals surface area contributed by atoms with Crippen molar-refractivity contribution in [1.29, 1.82) is 0 Å². The number of aromatic nitrogens is 3. The van der Waals surface area contributed by atoms with Crippen molar-refractivity contribution in [2.45, 2.75) is 42.6 Å². The van der Waals surface area contributed by atoms with Crippen molar-refractivity contribution < 1.29 is 0 Å². The number of nitrogens with two attached hydrogens (primary N) is 1. The summed E-state index contributed by atoms with van der Waals surface area (Å²) in [6, 6.07) is 2.31. The molecular weight excluding hydrogens is 264 g/mol. The molecule has 0 radical (unpaired) electrons. The minimum Gasteiger partial charge on any atom is -0.328 e. The van der Waals surface area contributed by atoms with Crippen LogP contribution in [-0.4, -0.2) is 21.2 Å².